The van der Waals surface area contributed by atoms with Gasteiger partial charge in [-0.15, -0.1) is 0 Å². The SMILES string of the molecule is COc1[nH]ccc(=O)c1-c1cc(Nc2cnc(C(N)=O)cn2)n[nH]1.NC1CCC1. The Balaban J connectivity index is 0.000000419. The van der Waals surface area contributed by atoms with Crippen LogP contribution in [0.15, 0.2) is 35.5 Å². The van der Waals surface area contributed by atoms with Crippen LogP contribution in [0.2, 0.25) is 0 Å². The van der Waals surface area contributed by atoms with E-state index in [1.165, 1.54) is 51.0 Å². The maximum absolute atomic E-state index is 12.0. The molecule has 0 saturated heterocycles. The first-order valence-corrected chi connectivity index (χ1v) is 8.94. The van der Waals surface area contributed by atoms with E-state index in [2.05, 4.69) is 30.5 Å². The highest BCUT2D eigenvalue weighted by Gasteiger charge is 2.14. The summed E-state index contributed by atoms with van der Waals surface area (Å²) in [6.45, 7) is 0. The molecule has 4 rings (SSSR count). The van der Waals surface area contributed by atoms with Crippen molar-refractivity contribution in [2.75, 3.05) is 12.4 Å². The predicted octanol–water partition coefficient (Wildman–Crippen LogP) is 0.904. The average Bonchev–Trinajstić information content (AvgIpc) is 3.15. The number of carbonyl (C=O) groups is 1. The lowest BCUT2D eigenvalue weighted by Gasteiger charge is -2.18. The number of amides is 1. The summed E-state index contributed by atoms with van der Waals surface area (Å²) in [4.78, 5) is 33.7. The van der Waals surface area contributed by atoms with Gasteiger partial charge in [0.15, 0.2) is 11.2 Å². The first-order valence-electron chi connectivity index (χ1n) is 8.94. The number of aromatic amines is 2. The smallest absolute Gasteiger partial charge is 0.268 e. The van der Waals surface area contributed by atoms with Gasteiger partial charge in [0.2, 0.25) is 5.88 Å². The van der Waals surface area contributed by atoms with Gasteiger partial charge in [-0.05, 0) is 12.8 Å². The van der Waals surface area contributed by atoms with Gasteiger partial charge in [-0.2, -0.15) is 5.10 Å². The zero-order chi connectivity index (χ0) is 20.8. The molecule has 11 nitrogen and oxygen atoms in total. The number of nitrogens with two attached hydrogens (primary N) is 2. The fourth-order valence-electron chi connectivity index (χ4n) is 2.48. The Morgan fingerprint density at radius 3 is 2.59 bits per heavy atom. The van der Waals surface area contributed by atoms with Crippen LogP contribution < -0.4 is 26.9 Å². The van der Waals surface area contributed by atoms with Gasteiger partial charge >= 0.3 is 0 Å². The Hall–Kier alpha value is -3.73. The van der Waals surface area contributed by atoms with Crippen LogP contribution in [-0.4, -0.2) is 44.2 Å². The van der Waals surface area contributed by atoms with Crippen molar-refractivity contribution in [1.82, 2.24) is 25.1 Å². The number of hydrogen-bond acceptors (Lipinski definition) is 8. The molecule has 152 valence electrons. The Labute approximate surface area is 165 Å². The molecule has 0 unspecified atom stereocenters. The van der Waals surface area contributed by atoms with Crippen molar-refractivity contribution in [1.29, 1.82) is 0 Å². The molecule has 1 fully saturated rings. The van der Waals surface area contributed by atoms with E-state index < -0.39 is 5.91 Å². The van der Waals surface area contributed by atoms with E-state index in [0.717, 1.165) is 0 Å². The predicted molar refractivity (Wildman–Crippen MR) is 107 cm³/mol. The summed E-state index contributed by atoms with van der Waals surface area (Å²) in [7, 11) is 1.46. The number of ether oxygens (including phenoxy) is 1. The second-order valence-corrected chi connectivity index (χ2v) is 6.38. The molecule has 11 heteroatoms. The highest BCUT2D eigenvalue weighted by atomic mass is 16.5. The minimum atomic E-state index is -0.661. The molecule has 0 radical (unpaired) electrons. The average molecular weight is 398 g/mol. The monoisotopic (exact) mass is 398 g/mol. The highest BCUT2D eigenvalue weighted by Crippen LogP contribution is 2.24. The van der Waals surface area contributed by atoms with Crippen LogP contribution in [0.3, 0.4) is 0 Å². The Bertz CT molecular complexity index is 1020. The van der Waals surface area contributed by atoms with E-state index in [9.17, 15) is 9.59 Å². The van der Waals surface area contributed by atoms with E-state index in [1.807, 2.05) is 0 Å². The molecule has 3 aromatic rings. The highest BCUT2D eigenvalue weighted by molar-refractivity contribution is 5.90. The van der Waals surface area contributed by atoms with Crippen molar-refractivity contribution >= 4 is 17.5 Å². The number of anilines is 2. The molecule has 1 amide bonds. The number of primary amides is 1. The second-order valence-electron chi connectivity index (χ2n) is 6.38. The fraction of sp³-hybridized carbons (Fsp3) is 0.278. The van der Waals surface area contributed by atoms with E-state index in [0.29, 0.717) is 34.8 Å². The maximum atomic E-state index is 12.0. The summed E-state index contributed by atoms with van der Waals surface area (Å²) in [5, 5.41) is 9.71. The van der Waals surface area contributed by atoms with Crippen LogP contribution >= 0.6 is 0 Å². The van der Waals surface area contributed by atoms with E-state index in [1.54, 1.807) is 6.07 Å². The molecule has 0 atom stereocenters. The van der Waals surface area contributed by atoms with Gasteiger partial charge in [0, 0.05) is 24.4 Å². The van der Waals surface area contributed by atoms with Crippen molar-refractivity contribution in [2.24, 2.45) is 11.5 Å². The molecule has 0 aliphatic heterocycles. The van der Waals surface area contributed by atoms with Gasteiger partial charge in [-0.1, -0.05) is 6.42 Å². The van der Waals surface area contributed by atoms with Gasteiger partial charge in [0.25, 0.3) is 5.91 Å². The van der Waals surface area contributed by atoms with Gasteiger partial charge in [-0.25, -0.2) is 9.97 Å². The lowest BCUT2D eigenvalue weighted by Crippen LogP contribution is -2.27. The van der Waals surface area contributed by atoms with Crippen LogP contribution in [0.5, 0.6) is 5.88 Å². The van der Waals surface area contributed by atoms with Crippen molar-refractivity contribution in [3.63, 3.8) is 0 Å². The van der Waals surface area contributed by atoms with Crippen molar-refractivity contribution in [3.8, 4) is 17.1 Å². The van der Waals surface area contributed by atoms with Crippen LogP contribution in [0, 0.1) is 0 Å². The van der Waals surface area contributed by atoms with Crippen LogP contribution in [0.4, 0.5) is 11.6 Å². The molecule has 1 aliphatic carbocycles. The van der Waals surface area contributed by atoms with Gasteiger partial charge < -0.3 is 26.5 Å². The van der Waals surface area contributed by atoms with Crippen LogP contribution in [-0.2, 0) is 0 Å². The van der Waals surface area contributed by atoms with Crippen molar-refractivity contribution < 1.29 is 9.53 Å². The number of carbonyl (C=O) groups excluding carboxylic acids is 1. The van der Waals surface area contributed by atoms with Gasteiger partial charge in [0.05, 0.1) is 25.2 Å². The quantitative estimate of drug-likeness (QED) is 0.421. The Morgan fingerprint density at radius 2 is 2.03 bits per heavy atom. The number of rotatable bonds is 5. The largest absolute Gasteiger partial charge is 0.482 e. The summed E-state index contributed by atoms with van der Waals surface area (Å²) >= 11 is 0. The number of H-pyrrole nitrogens is 2. The topological polar surface area (TPSA) is 178 Å². The molecule has 0 aromatic carbocycles. The standard InChI is InChI=1S/C14H13N7O3.C4H9N/c1-24-14-12(9(22)2-3-16-14)7-4-10(21-20-7)19-11-6-17-8(5-18-11)13(15)23;5-4-2-1-3-4/h2-6H,1H3,(H2,15,23)(H,16,22)(H2,18,19,20,21);4H,1-3,5H2. The number of methoxy groups -OCH3 is 1. The fourth-order valence-corrected chi connectivity index (χ4v) is 2.48. The molecule has 0 bridgehead atoms. The van der Waals surface area contributed by atoms with Crippen LogP contribution in [0.1, 0.15) is 29.8 Å². The number of nitrogens with zero attached hydrogens (tertiary/aromatic N) is 3. The first-order chi connectivity index (χ1) is 14.0. The molecule has 1 aliphatic rings. The van der Waals surface area contributed by atoms with E-state index in [-0.39, 0.29) is 11.1 Å². The number of aromatic nitrogens is 5. The molecule has 1 saturated carbocycles. The first kappa shape index (κ1) is 20.0. The molecule has 7 N–H and O–H groups in total. The van der Waals surface area contributed by atoms with E-state index in [4.69, 9.17) is 16.2 Å². The summed E-state index contributed by atoms with van der Waals surface area (Å²) in [6, 6.07) is 3.58. The number of pyridine rings is 1. The lowest BCUT2D eigenvalue weighted by molar-refractivity contribution is 0.0995. The molecule has 3 aromatic heterocycles. The summed E-state index contributed by atoms with van der Waals surface area (Å²) in [5.41, 5.74) is 11.1. The normalized spacial score (nSPS) is 13.0. The van der Waals surface area contributed by atoms with Crippen LogP contribution in [0.25, 0.3) is 11.3 Å². The van der Waals surface area contributed by atoms with E-state index >= 15 is 0 Å². The summed E-state index contributed by atoms with van der Waals surface area (Å²) < 4.78 is 5.15. The molecule has 3 heterocycles. The second kappa shape index (κ2) is 8.97. The maximum Gasteiger partial charge on any atom is 0.268 e. The zero-order valence-corrected chi connectivity index (χ0v) is 15.8. The zero-order valence-electron chi connectivity index (χ0n) is 15.8. The van der Waals surface area contributed by atoms with Gasteiger partial charge in [-0.3, -0.25) is 14.7 Å². The molecular formula is C18H22N8O3. The van der Waals surface area contributed by atoms with Gasteiger partial charge in [0.1, 0.15) is 17.1 Å². The molecule has 29 heavy (non-hydrogen) atoms. The third-order valence-electron chi connectivity index (χ3n) is 4.28. The molecular weight excluding hydrogens is 376 g/mol. The summed E-state index contributed by atoms with van der Waals surface area (Å²) in [5.74, 6) is 0.443. The lowest BCUT2D eigenvalue weighted by atomic mass is 9.95. The summed E-state index contributed by atoms with van der Waals surface area (Å²) in [6.07, 6.45) is 7.99. The Morgan fingerprint density at radius 1 is 1.28 bits per heavy atom. The third-order valence-corrected chi connectivity index (χ3v) is 4.28. The third kappa shape index (κ3) is 4.96. The minimum Gasteiger partial charge on any atom is -0.482 e. The van der Waals surface area contributed by atoms with Crippen molar-refractivity contribution in [2.45, 2.75) is 25.3 Å². The molecule has 0 spiro atoms. The minimum absolute atomic E-state index is 0.0591. The number of hydrogen-bond donors (Lipinski definition) is 5. The Kier molecular flexibility index (Phi) is 6.19. The number of nitrogens with one attached hydrogen (secondary N) is 3. The van der Waals surface area contributed by atoms with Crippen molar-refractivity contribution in [3.05, 3.63) is 46.6 Å².